The van der Waals surface area contributed by atoms with Crippen LogP contribution in [-0.2, 0) is 6.42 Å². The molecule has 1 aromatic carbocycles. The number of hydrogen-bond donors (Lipinski definition) is 1. The zero-order valence-electron chi connectivity index (χ0n) is 12.0. The van der Waals surface area contributed by atoms with E-state index in [1.807, 2.05) is 0 Å². The van der Waals surface area contributed by atoms with E-state index in [0.717, 1.165) is 13.0 Å². The van der Waals surface area contributed by atoms with E-state index in [9.17, 15) is 8.78 Å². The summed E-state index contributed by atoms with van der Waals surface area (Å²) >= 11 is 2.99. The number of aryl methyl sites for hydroxylation is 1. The lowest BCUT2D eigenvalue weighted by Gasteiger charge is -2.26. The zero-order valence-corrected chi connectivity index (χ0v) is 13.6. The summed E-state index contributed by atoms with van der Waals surface area (Å²) < 4.78 is 27.3. The van der Waals surface area contributed by atoms with Gasteiger partial charge in [0.15, 0.2) is 0 Å². The highest BCUT2D eigenvalue weighted by Crippen LogP contribution is 2.26. The third-order valence-corrected chi connectivity index (χ3v) is 3.76. The molecule has 1 N–H and O–H groups in total. The summed E-state index contributed by atoms with van der Waals surface area (Å²) in [6.07, 6.45) is 1.35. The van der Waals surface area contributed by atoms with E-state index < -0.39 is 5.82 Å². The molecule has 0 amide bonds. The molecule has 0 aliphatic rings. The fourth-order valence-corrected chi connectivity index (χ4v) is 2.11. The zero-order chi connectivity index (χ0) is 14.6. The van der Waals surface area contributed by atoms with E-state index in [1.54, 1.807) is 0 Å². The van der Waals surface area contributed by atoms with E-state index >= 15 is 0 Å². The van der Waals surface area contributed by atoms with Crippen LogP contribution < -0.4 is 5.32 Å². The molecule has 0 heterocycles. The quantitative estimate of drug-likeness (QED) is 0.745. The van der Waals surface area contributed by atoms with E-state index in [4.69, 9.17) is 0 Å². The third-order valence-electron chi connectivity index (χ3n) is 3.15. The maximum Gasteiger partial charge on any atom is 0.137 e. The first-order chi connectivity index (χ1) is 8.71. The molecule has 0 radical (unpaired) electrons. The Kier molecular flexibility index (Phi) is 5.93. The average molecular weight is 334 g/mol. The Morgan fingerprint density at radius 3 is 2.42 bits per heavy atom. The van der Waals surface area contributed by atoms with Crippen molar-refractivity contribution in [1.29, 1.82) is 0 Å². The van der Waals surface area contributed by atoms with Crippen LogP contribution in [0.15, 0.2) is 16.6 Å². The van der Waals surface area contributed by atoms with Gasteiger partial charge in [0.2, 0.25) is 0 Å². The van der Waals surface area contributed by atoms with Gasteiger partial charge < -0.3 is 5.32 Å². The van der Waals surface area contributed by atoms with Crippen molar-refractivity contribution in [2.45, 2.75) is 46.6 Å². The highest BCUT2D eigenvalue weighted by atomic mass is 79.9. The highest BCUT2D eigenvalue weighted by Gasteiger charge is 2.19. The van der Waals surface area contributed by atoms with Gasteiger partial charge in [-0.1, -0.05) is 27.7 Å². The first-order valence-corrected chi connectivity index (χ1v) is 7.37. The summed E-state index contributed by atoms with van der Waals surface area (Å²) in [5.74, 6) is -0.754. The molecular formula is C15H22BrF2N. The SMILES string of the molecule is CC(C)NCC(C)(C)CCc1cc(F)c(Br)cc1F. The van der Waals surface area contributed by atoms with Crippen LogP contribution in [0.3, 0.4) is 0 Å². The van der Waals surface area contributed by atoms with Crippen molar-refractivity contribution in [1.82, 2.24) is 5.32 Å². The molecule has 0 aromatic heterocycles. The van der Waals surface area contributed by atoms with E-state index in [1.165, 1.54) is 12.1 Å². The van der Waals surface area contributed by atoms with E-state index in [0.29, 0.717) is 18.0 Å². The highest BCUT2D eigenvalue weighted by molar-refractivity contribution is 9.10. The molecule has 1 nitrogen and oxygen atoms in total. The number of rotatable bonds is 6. The number of hydrogen-bond acceptors (Lipinski definition) is 1. The summed E-state index contributed by atoms with van der Waals surface area (Å²) in [5, 5.41) is 3.38. The maximum atomic E-state index is 13.7. The lowest BCUT2D eigenvalue weighted by atomic mass is 9.86. The van der Waals surface area contributed by atoms with Gasteiger partial charge in [-0.15, -0.1) is 0 Å². The van der Waals surface area contributed by atoms with Crippen LogP contribution in [0.2, 0.25) is 0 Å². The van der Waals surface area contributed by atoms with Crippen LogP contribution in [0.5, 0.6) is 0 Å². The first kappa shape index (κ1) is 16.6. The molecule has 0 spiro atoms. The standard InChI is InChI=1S/C15H22BrF2N/c1-10(2)19-9-15(3,4)6-5-11-7-14(18)12(16)8-13(11)17/h7-8,10,19H,5-6,9H2,1-4H3. The minimum absolute atomic E-state index is 0.0558. The molecule has 0 saturated heterocycles. The molecule has 1 rings (SSSR count). The molecule has 108 valence electrons. The number of benzene rings is 1. The van der Waals surface area contributed by atoms with Crippen LogP contribution in [0.25, 0.3) is 0 Å². The molecule has 19 heavy (non-hydrogen) atoms. The van der Waals surface area contributed by atoms with Gasteiger partial charge in [-0.25, -0.2) is 8.78 Å². The summed E-state index contributed by atoms with van der Waals surface area (Å²) in [7, 11) is 0. The van der Waals surface area contributed by atoms with E-state index in [2.05, 4.69) is 48.9 Å². The molecule has 0 bridgehead atoms. The fraction of sp³-hybridized carbons (Fsp3) is 0.600. The lowest BCUT2D eigenvalue weighted by Crippen LogP contribution is -2.34. The molecule has 0 unspecified atom stereocenters. The molecule has 0 aliphatic carbocycles. The van der Waals surface area contributed by atoms with Gasteiger partial charge in [0.05, 0.1) is 4.47 Å². The second-order valence-corrected chi connectivity index (χ2v) is 6.91. The molecule has 0 fully saturated rings. The van der Waals surface area contributed by atoms with Gasteiger partial charge >= 0.3 is 0 Å². The van der Waals surface area contributed by atoms with Gasteiger partial charge in [0, 0.05) is 12.6 Å². The van der Waals surface area contributed by atoms with Crippen LogP contribution >= 0.6 is 15.9 Å². The van der Waals surface area contributed by atoms with Crippen molar-refractivity contribution >= 4 is 15.9 Å². The van der Waals surface area contributed by atoms with Gasteiger partial charge in [0.25, 0.3) is 0 Å². The van der Waals surface area contributed by atoms with Crippen LogP contribution in [-0.4, -0.2) is 12.6 Å². The fourth-order valence-electron chi connectivity index (χ4n) is 1.80. The van der Waals surface area contributed by atoms with Gasteiger partial charge in [-0.3, -0.25) is 0 Å². The van der Waals surface area contributed by atoms with Crippen LogP contribution in [0.4, 0.5) is 8.78 Å². The van der Waals surface area contributed by atoms with Crippen molar-refractivity contribution in [2.75, 3.05) is 6.54 Å². The average Bonchev–Trinajstić information content (AvgIpc) is 2.30. The second-order valence-electron chi connectivity index (χ2n) is 6.06. The minimum Gasteiger partial charge on any atom is -0.314 e. The van der Waals surface area contributed by atoms with Crippen molar-refractivity contribution in [3.63, 3.8) is 0 Å². The second kappa shape index (κ2) is 6.80. The third kappa shape index (κ3) is 5.57. The molecular weight excluding hydrogens is 312 g/mol. The summed E-state index contributed by atoms with van der Waals surface area (Å²) in [5.41, 5.74) is 0.499. The van der Waals surface area contributed by atoms with Gasteiger partial charge in [-0.2, -0.15) is 0 Å². The monoisotopic (exact) mass is 333 g/mol. The number of halogens is 3. The smallest absolute Gasteiger partial charge is 0.137 e. The van der Waals surface area contributed by atoms with E-state index in [-0.39, 0.29) is 15.7 Å². The predicted octanol–water partition coefficient (Wildman–Crippen LogP) is 4.68. The Hall–Kier alpha value is -0.480. The lowest BCUT2D eigenvalue weighted by molar-refractivity contribution is 0.303. The van der Waals surface area contributed by atoms with Crippen molar-refractivity contribution in [3.05, 3.63) is 33.8 Å². The Morgan fingerprint density at radius 1 is 1.21 bits per heavy atom. The topological polar surface area (TPSA) is 12.0 Å². The molecule has 4 heteroatoms. The van der Waals surface area contributed by atoms with Crippen molar-refractivity contribution in [2.24, 2.45) is 5.41 Å². The Morgan fingerprint density at radius 2 is 1.84 bits per heavy atom. The van der Waals surface area contributed by atoms with Gasteiger partial charge in [-0.05, 0) is 51.9 Å². The molecule has 1 aromatic rings. The minimum atomic E-state index is -0.408. The Balaban J connectivity index is 2.63. The normalized spacial score (nSPS) is 12.2. The molecule has 0 aliphatic heterocycles. The first-order valence-electron chi connectivity index (χ1n) is 6.58. The Bertz CT molecular complexity index is 430. The van der Waals surface area contributed by atoms with Crippen LogP contribution in [0, 0.1) is 17.0 Å². The molecule has 0 saturated carbocycles. The van der Waals surface area contributed by atoms with Crippen molar-refractivity contribution < 1.29 is 8.78 Å². The summed E-state index contributed by atoms with van der Waals surface area (Å²) in [4.78, 5) is 0. The maximum absolute atomic E-state index is 13.7. The summed E-state index contributed by atoms with van der Waals surface area (Å²) in [6.45, 7) is 9.33. The largest absolute Gasteiger partial charge is 0.314 e. The van der Waals surface area contributed by atoms with Crippen LogP contribution in [0.1, 0.15) is 39.7 Å². The van der Waals surface area contributed by atoms with Gasteiger partial charge in [0.1, 0.15) is 11.6 Å². The summed E-state index contributed by atoms with van der Waals surface area (Å²) in [6, 6.07) is 2.91. The Labute approximate surface area is 122 Å². The van der Waals surface area contributed by atoms with Crippen molar-refractivity contribution in [3.8, 4) is 0 Å². The number of nitrogens with one attached hydrogen (secondary N) is 1. The predicted molar refractivity (Wildman–Crippen MR) is 79.3 cm³/mol. The molecule has 0 atom stereocenters.